The van der Waals surface area contributed by atoms with E-state index in [0.29, 0.717) is 4.72 Å². The van der Waals surface area contributed by atoms with Crippen LogP contribution in [0.2, 0.25) is 0 Å². The number of rotatable bonds is 2. The quantitative estimate of drug-likeness (QED) is 0.587. The molecule has 0 aromatic carbocycles. The number of halogens is 2. The molecule has 0 spiro atoms. The molecule has 0 radical (unpaired) electrons. The third-order valence-electron chi connectivity index (χ3n) is 1.85. The molecule has 4 heteroatoms. The molecule has 0 amide bonds. The molecule has 1 aliphatic rings. The Morgan fingerprint density at radius 2 is 2.15 bits per heavy atom. The third kappa shape index (κ3) is 4.44. The first-order valence-corrected chi connectivity index (χ1v) is 11.3. The van der Waals surface area contributed by atoms with Crippen molar-refractivity contribution < 1.29 is 12.0 Å². The summed E-state index contributed by atoms with van der Waals surface area (Å²) in [6.45, 7) is 0. The molecule has 0 bridgehead atoms. The summed E-state index contributed by atoms with van der Waals surface area (Å²) in [6.07, 6.45) is 10.6. The van der Waals surface area contributed by atoms with E-state index in [1.165, 1.54) is 6.42 Å². The Kier molecular flexibility index (Phi) is 6.16. The average Bonchev–Trinajstić information content (AvgIpc) is 2.02. The van der Waals surface area contributed by atoms with Gasteiger partial charge in [-0.05, 0) is 0 Å². The molecule has 13 heavy (non-hydrogen) atoms. The summed E-state index contributed by atoms with van der Waals surface area (Å²) in [5.74, 6) is 0. The molecule has 1 nitrogen and oxygen atoms in total. The minimum atomic E-state index is -0.485. The molecule has 0 heterocycles. The average molecular weight is 448 g/mol. The SMILES string of the molecule is O=[C](C1=CC=CCCCC1)[Co]([I])[I]. The molecule has 0 N–H and O–H groups in total. The van der Waals surface area contributed by atoms with Crippen LogP contribution in [0.1, 0.15) is 25.7 Å². The van der Waals surface area contributed by atoms with Gasteiger partial charge < -0.3 is 0 Å². The van der Waals surface area contributed by atoms with E-state index in [1.54, 1.807) is 0 Å². The zero-order valence-corrected chi connectivity index (χ0v) is 12.4. The predicted molar refractivity (Wildman–Crippen MR) is 68.7 cm³/mol. The molecule has 0 fully saturated rings. The summed E-state index contributed by atoms with van der Waals surface area (Å²) in [5, 5.41) is 0. The van der Waals surface area contributed by atoms with Gasteiger partial charge in [0.15, 0.2) is 0 Å². The van der Waals surface area contributed by atoms with E-state index in [1.807, 2.05) is 12.2 Å². The Bertz CT molecular complexity index is 246. The molecular weight excluding hydrogens is 437 g/mol. The van der Waals surface area contributed by atoms with Crippen molar-refractivity contribution in [1.29, 1.82) is 0 Å². The fourth-order valence-corrected chi connectivity index (χ4v) is 3.55. The van der Waals surface area contributed by atoms with Gasteiger partial charge >= 0.3 is 107 Å². The van der Waals surface area contributed by atoms with Gasteiger partial charge in [0, 0.05) is 0 Å². The molecule has 0 saturated carbocycles. The Balaban J connectivity index is 2.69. The monoisotopic (exact) mass is 448 g/mol. The predicted octanol–water partition coefficient (Wildman–Crippen LogP) is 3.89. The zero-order chi connectivity index (χ0) is 9.68. The van der Waals surface area contributed by atoms with Crippen molar-refractivity contribution in [3.63, 3.8) is 0 Å². The van der Waals surface area contributed by atoms with E-state index in [0.717, 1.165) is 24.8 Å². The molecule has 0 saturated heterocycles. The Morgan fingerprint density at radius 1 is 1.38 bits per heavy atom. The standard InChI is InChI=1S/C9H11O.Co.2HI/c10-8-9-6-4-2-1-3-5-7-9;;;/h2,4,6H,1,3,5,7H2;;2*1H/q;+2;;/p-2. The summed E-state index contributed by atoms with van der Waals surface area (Å²) in [6, 6.07) is 0. The van der Waals surface area contributed by atoms with Gasteiger partial charge in [-0.25, -0.2) is 0 Å². The number of carbonyl (C=O) groups is 1. The van der Waals surface area contributed by atoms with E-state index in [-0.39, 0.29) is 0 Å². The van der Waals surface area contributed by atoms with Gasteiger partial charge in [-0.2, -0.15) is 0 Å². The van der Waals surface area contributed by atoms with Crippen LogP contribution in [-0.2, 0) is 12.0 Å². The van der Waals surface area contributed by atoms with E-state index in [9.17, 15) is 4.79 Å². The summed E-state index contributed by atoms with van der Waals surface area (Å²) in [7, 11) is -0.485. The zero-order valence-electron chi connectivity index (χ0n) is 7.06. The van der Waals surface area contributed by atoms with Gasteiger partial charge in [0.05, 0.1) is 0 Å². The van der Waals surface area contributed by atoms with Crippen LogP contribution in [0.5, 0.6) is 0 Å². The fraction of sp³-hybridized carbons (Fsp3) is 0.444. The summed E-state index contributed by atoms with van der Waals surface area (Å²) >= 11 is 4.46. The van der Waals surface area contributed by atoms with Crippen molar-refractivity contribution in [3.05, 3.63) is 23.8 Å². The summed E-state index contributed by atoms with van der Waals surface area (Å²) in [5.41, 5.74) is 1.02. The van der Waals surface area contributed by atoms with Crippen molar-refractivity contribution in [3.8, 4) is 0 Å². The Morgan fingerprint density at radius 3 is 2.85 bits per heavy atom. The topological polar surface area (TPSA) is 17.1 Å². The van der Waals surface area contributed by atoms with Gasteiger partial charge in [-0.3, -0.25) is 0 Å². The second-order valence-electron chi connectivity index (χ2n) is 2.79. The number of carbonyl (C=O) groups excluding carboxylic acids is 1. The fourth-order valence-electron chi connectivity index (χ4n) is 1.18. The molecule has 0 atom stereocenters. The van der Waals surface area contributed by atoms with Crippen molar-refractivity contribution >= 4 is 45.5 Å². The summed E-state index contributed by atoms with van der Waals surface area (Å²) in [4.78, 5) is 11.7. The van der Waals surface area contributed by atoms with Crippen LogP contribution in [-0.4, -0.2) is 4.72 Å². The van der Waals surface area contributed by atoms with Gasteiger partial charge in [-0.15, -0.1) is 0 Å². The maximum absolute atomic E-state index is 11.7. The molecule has 0 aromatic heterocycles. The second-order valence-corrected chi connectivity index (χ2v) is 15.4. The normalized spacial score (nSPS) is 18.6. The van der Waals surface area contributed by atoms with Crippen LogP contribution in [0.4, 0.5) is 0 Å². The van der Waals surface area contributed by atoms with E-state index < -0.39 is 7.22 Å². The Hall–Kier alpha value is 1.12. The maximum atomic E-state index is 11.7. The first kappa shape index (κ1) is 12.2. The van der Waals surface area contributed by atoms with Crippen molar-refractivity contribution in [2.24, 2.45) is 0 Å². The number of hydrogen-bond donors (Lipinski definition) is 0. The van der Waals surface area contributed by atoms with E-state index >= 15 is 0 Å². The van der Waals surface area contributed by atoms with Crippen molar-refractivity contribution in [2.45, 2.75) is 25.7 Å². The van der Waals surface area contributed by atoms with Gasteiger partial charge in [0.2, 0.25) is 0 Å². The first-order chi connectivity index (χ1) is 6.22. The molecule has 1 rings (SSSR count). The summed E-state index contributed by atoms with van der Waals surface area (Å²) < 4.78 is 0.347. The molecular formula is C9H11CoI2O. The molecule has 1 aliphatic carbocycles. The number of allylic oxidation sites excluding steroid dienone is 4. The van der Waals surface area contributed by atoms with Crippen LogP contribution >= 0.6 is 40.8 Å². The van der Waals surface area contributed by atoms with Crippen LogP contribution in [0.3, 0.4) is 0 Å². The molecule has 76 valence electrons. The van der Waals surface area contributed by atoms with Crippen LogP contribution in [0.25, 0.3) is 0 Å². The number of hydrogen-bond acceptors (Lipinski definition) is 1. The third-order valence-corrected chi connectivity index (χ3v) is 5.24. The van der Waals surface area contributed by atoms with E-state index in [2.05, 4.69) is 46.9 Å². The minimum absolute atomic E-state index is 0.347. The van der Waals surface area contributed by atoms with E-state index in [4.69, 9.17) is 0 Å². The van der Waals surface area contributed by atoms with Gasteiger partial charge in [0.1, 0.15) is 0 Å². The van der Waals surface area contributed by atoms with Crippen LogP contribution < -0.4 is 0 Å². The van der Waals surface area contributed by atoms with Gasteiger partial charge in [-0.1, -0.05) is 0 Å². The van der Waals surface area contributed by atoms with Crippen LogP contribution in [0.15, 0.2) is 23.8 Å². The van der Waals surface area contributed by atoms with Crippen LogP contribution in [0, 0.1) is 0 Å². The molecule has 0 unspecified atom stereocenters. The van der Waals surface area contributed by atoms with Gasteiger partial charge in [0.25, 0.3) is 0 Å². The Labute approximate surface area is 106 Å². The second kappa shape index (κ2) is 6.57. The van der Waals surface area contributed by atoms with Crippen molar-refractivity contribution in [2.75, 3.05) is 0 Å². The first-order valence-electron chi connectivity index (χ1n) is 4.09. The molecule has 0 aliphatic heterocycles. The molecule has 0 aromatic rings. The van der Waals surface area contributed by atoms with Crippen molar-refractivity contribution in [1.82, 2.24) is 0 Å².